The molecule has 4 heterocycles. The molecule has 3 amide bonds. The van der Waals surface area contributed by atoms with Crippen molar-refractivity contribution in [3.05, 3.63) is 17.1 Å². The van der Waals surface area contributed by atoms with Crippen LogP contribution in [0, 0.1) is 0 Å². The number of carbonyl (C=O) groups is 4. The maximum absolute atomic E-state index is 13.0. The first kappa shape index (κ1) is 24.9. The number of carboxylic acids is 1. The molecule has 2 fully saturated rings. The molecule has 188 valence electrons. The van der Waals surface area contributed by atoms with E-state index in [9.17, 15) is 24.3 Å². The number of hydrogen-bond donors (Lipinski definition) is 4. The first-order valence-corrected chi connectivity index (χ1v) is 12.4. The van der Waals surface area contributed by atoms with E-state index in [1.807, 2.05) is 4.90 Å². The van der Waals surface area contributed by atoms with Gasteiger partial charge in [-0.1, -0.05) is 5.16 Å². The lowest BCUT2D eigenvalue weighted by Gasteiger charge is -2.50. The summed E-state index contributed by atoms with van der Waals surface area (Å²) in [4.78, 5) is 61.6. The minimum Gasteiger partial charge on any atom is -0.477 e. The molecule has 0 radical (unpaired) electrons. The van der Waals surface area contributed by atoms with E-state index in [-0.39, 0.29) is 28.9 Å². The number of β-lactam (4-membered cyclic amide) rings is 1. The van der Waals surface area contributed by atoms with Crippen LogP contribution in [0.2, 0.25) is 0 Å². The number of thioether (sulfide) groups is 1. The summed E-state index contributed by atoms with van der Waals surface area (Å²) in [5.41, 5.74) is 10.4. The number of aromatic nitrogens is 2. The summed E-state index contributed by atoms with van der Waals surface area (Å²) in [5.74, 6) is -2.81. The van der Waals surface area contributed by atoms with Crippen molar-refractivity contribution in [3.63, 3.8) is 0 Å². The van der Waals surface area contributed by atoms with Crippen LogP contribution in [-0.2, 0) is 24.0 Å². The second-order valence-electron chi connectivity index (χ2n) is 8.36. The van der Waals surface area contributed by atoms with Crippen LogP contribution in [0.5, 0.6) is 0 Å². The summed E-state index contributed by atoms with van der Waals surface area (Å²) in [6.07, 6.45) is 1.34. The van der Waals surface area contributed by atoms with E-state index in [0.717, 1.165) is 18.0 Å². The van der Waals surface area contributed by atoms with E-state index in [4.69, 9.17) is 16.3 Å². The standard InChI is InChI=1S/C19H24N8O6S2/c1-19(17(20)32)4-3-5-26(19)6-8-7-34-15-10(14(29)27(15)11(8)16(30)31)22-13(28)9(24-33-2)12-23-18(21)35-25-12/h10,15H,3-7H2,1-2H3,(H2,20,32)(H,22,28)(H,30,31)(H2,21,23,25)/t10-,15+,19+/m1/s1. The summed E-state index contributed by atoms with van der Waals surface area (Å²) >= 11 is 2.19. The summed E-state index contributed by atoms with van der Waals surface area (Å²) in [6.45, 7) is 2.53. The zero-order chi connectivity index (χ0) is 25.5. The molecule has 4 rings (SSSR count). The number of nitrogen functional groups attached to an aromatic ring is 1. The fraction of sp³-hybridized carbons (Fsp3) is 0.526. The molecule has 0 spiro atoms. The quantitative estimate of drug-likeness (QED) is 0.176. The Bertz CT molecular complexity index is 1150. The lowest BCUT2D eigenvalue weighted by atomic mass is 9.97. The third kappa shape index (κ3) is 4.32. The third-order valence-corrected chi connectivity index (χ3v) is 8.17. The Hall–Kier alpha value is -3.24. The van der Waals surface area contributed by atoms with Gasteiger partial charge in [0.05, 0.1) is 5.54 Å². The van der Waals surface area contributed by atoms with Gasteiger partial charge in [0.25, 0.3) is 11.8 Å². The number of aliphatic carboxylic acids is 1. The number of amides is 3. The normalized spacial score (nSPS) is 26.9. The lowest BCUT2D eigenvalue weighted by molar-refractivity contribution is -0.150. The van der Waals surface area contributed by atoms with Gasteiger partial charge in [0.2, 0.25) is 17.4 Å². The minimum atomic E-state index is -1.26. The van der Waals surface area contributed by atoms with Gasteiger partial charge in [0.15, 0.2) is 5.13 Å². The number of anilines is 1. The molecule has 1 aromatic rings. The van der Waals surface area contributed by atoms with Crippen molar-refractivity contribution in [2.75, 3.05) is 31.7 Å². The highest BCUT2D eigenvalue weighted by Crippen LogP contribution is 2.41. The zero-order valence-electron chi connectivity index (χ0n) is 18.9. The van der Waals surface area contributed by atoms with Gasteiger partial charge in [-0.3, -0.25) is 24.2 Å². The smallest absolute Gasteiger partial charge is 0.352 e. The molecular formula is C19H24N8O6S2. The van der Waals surface area contributed by atoms with Gasteiger partial charge < -0.3 is 26.7 Å². The average molecular weight is 525 g/mol. The second kappa shape index (κ2) is 9.43. The molecule has 14 nitrogen and oxygen atoms in total. The molecule has 0 aromatic carbocycles. The largest absolute Gasteiger partial charge is 0.477 e. The molecule has 3 aliphatic rings. The van der Waals surface area contributed by atoms with Crippen LogP contribution >= 0.6 is 23.3 Å². The molecule has 3 aliphatic heterocycles. The number of nitrogens with two attached hydrogens (primary N) is 2. The SMILES string of the molecule is CON=C(C(=O)N[C@@H]1C(=O)N2C(C(=O)O)=C(CN3CCC[C@@]3(C)C(N)=O)CS[C@@H]12)c1nsc(N)n1. The van der Waals surface area contributed by atoms with Gasteiger partial charge >= 0.3 is 5.97 Å². The first-order chi connectivity index (χ1) is 16.6. The predicted molar refractivity (Wildman–Crippen MR) is 126 cm³/mol. The van der Waals surface area contributed by atoms with E-state index in [1.54, 1.807) is 6.92 Å². The topological polar surface area (TPSA) is 206 Å². The van der Waals surface area contributed by atoms with Gasteiger partial charge in [-0.25, -0.2) is 4.79 Å². The number of carboxylic acid groups (broad SMARTS) is 1. The van der Waals surface area contributed by atoms with Crippen molar-refractivity contribution in [1.82, 2.24) is 24.5 Å². The van der Waals surface area contributed by atoms with Crippen LogP contribution in [0.4, 0.5) is 5.13 Å². The van der Waals surface area contributed by atoms with Crippen LogP contribution in [-0.4, -0.2) is 96.6 Å². The van der Waals surface area contributed by atoms with Crippen LogP contribution < -0.4 is 16.8 Å². The van der Waals surface area contributed by atoms with Crippen molar-refractivity contribution < 1.29 is 29.1 Å². The van der Waals surface area contributed by atoms with Crippen LogP contribution in [0.15, 0.2) is 16.4 Å². The molecule has 1 aromatic heterocycles. The van der Waals surface area contributed by atoms with Gasteiger partial charge in [0, 0.05) is 23.8 Å². The number of nitrogens with one attached hydrogen (secondary N) is 1. The Morgan fingerprint density at radius 2 is 2.14 bits per heavy atom. The molecule has 0 saturated carbocycles. The van der Waals surface area contributed by atoms with Gasteiger partial charge in [-0.05, 0) is 31.9 Å². The highest BCUT2D eigenvalue weighted by molar-refractivity contribution is 8.00. The number of carbonyl (C=O) groups excluding carboxylic acids is 3. The molecule has 35 heavy (non-hydrogen) atoms. The lowest BCUT2D eigenvalue weighted by Crippen LogP contribution is -2.71. The van der Waals surface area contributed by atoms with Crippen LogP contribution in [0.1, 0.15) is 25.6 Å². The number of oxime groups is 1. The number of likely N-dealkylation sites (tertiary alicyclic amines) is 1. The number of hydrogen-bond acceptors (Lipinski definition) is 12. The van der Waals surface area contributed by atoms with Gasteiger partial charge in [0.1, 0.15) is 24.2 Å². The van der Waals surface area contributed by atoms with Gasteiger partial charge in [-0.2, -0.15) is 9.36 Å². The predicted octanol–water partition coefficient (Wildman–Crippen LogP) is -1.45. The number of primary amides is 1. The molecular weight excluding hydrogens is 500 g/mol. The Morgan fingerprint density at radius 1 is 1.40 bits per heavy atom. The number of nitrogens with zero attached hydrogens (tertiary/aromatic N) is 5. The fourth-order valence-electron chi connectivity index (χ4n) is 4.40. The summed E-state index contributed by atoms with van der Waals surface area (Å²) in [6, 6.07) is -0.982. The third-order valence-electron chi connectivity index (χ3n) is 6.29. The highest BCUT2D eigenvalue weighted by atomic mass is 32.2. The second-order valence-corrected chi connectivity index (χ2v) is 10.2. The molecule has 3 atom stereocenters. The average Bonchev–Trinajstić information content (AvgIpc) is 3.41. The molecule has 6 N–H and O–H groups in total. The molecule has 0 bridgehead atoms. The molecule has 0 aliphatic carbocycles. The number of fused-ring (bicyclic) bond motifs is 1. The Morgan fingerprint density at radius 3 is 2.74 bits per heavy atom. The summed E-state index contributed by atoms with van der Waals surface area (Å²) in [7, 11) is 1.24. The summed E-state index contributed by atoms with van der Waals surface area (Å²) in [5, 5.41) is 15.6. The highest BCUT2D eigenvalue weighted by Gasteiger charge is 2.55. The first-order valence-electron chi connectivity index (χ1n) is 10.5. The van der Waals surface area contributed by atoms with Gasteiger partial charge in [-0.15, -0.1) is 11.8 Å². The number of rotatable bonds is 8. The van der Waals surface area contributed by atoms with E-state index in [0.29, 0.717) is 24.3 Å². The maximum Gasteiger partial charge on any atom is 0.352 e. The van der Waals surface area contributed by atoms with Crippen molar-refractivity contribution in [3.8, 4) is 0 Å². The van der Waals surface area contributed by atoms with E-state index in [1.165, 1.54) is 23.8 Å². The minimum absolute atomic E-state index is 0.0525. The van der Waals surface area contributed by atoms with E-state index < -0.39 is 40.6 Å². The Kier molecular flexibility index (Phi) is 6.70. The molecule has 2 saturated heterocycles. The zero-order valence-corrected chi connectivity index (χ0v) is 20.5. The van der Waals surface area contributed by atoms with Crippen molar-refractivity contribution in [2.24, 2.45) is 10.9 Å². The van der Waals surface area contributed by atoms with Crippen LogP contribution in [0.25, 0.3) is 0 Å². The monoisotopic (exact) mass is 524 g/mol. The van der Waals surface area contributed by atoms with E-state index in [2.05, 4.69) is 19.8 Å². The maximum atomic E-state index is 13.0. The molecule has 0 unspecified atom stereocenters. The van der Waals surface area contributed by atoms with Crippen molar-refractivity contribution in [1.29, 1.82) is 0 Å². The molecule has 16 heteroatoms. The van der Waals surface area contributed by atoms with Crippen molar-refractivity contribution >= 4 is 57.8 Å². The van der Waals surface area contributed by atoms with Crippen LogP contribution in [0.3, 0.4) is 0 Å². The Labute approximate surface area is 207 Å². The fourth-order valence-corrected chi connectivity index (χ4v) is 6.17. The Balaban J connectivity index is 1.53. The van der Waals surface area contributed by atoms with E-state index >= 15 is 0 Å². The van der Waals surface area contributed by atoms with Crippen molar-refractivity contribution in [2.45, 2.75) is 36.7 Å². The summed E-state index contributed by atoms with van der Waals surface area (Å²) < 4.78 is 3.94.